The molecule has 1 heterocycles. The summed E-state index contributed by atoms with van der Waals surface area (Å²) in [7, 11) is 0. The van der Waals surface area contributed by atoms with Crippen LogP contribution in [-0.4, -0.2) is 12.9 Å². The molecule has 0 amide bonds. The largest absolute Gasteiger partial charge is 0.398 e. The Kier molecular flexibility index (Phi) is 2.50. The predicted molar refractivity (Wildman–Crippen MR) is 54.2 cm³/mol. The highest BCUT2D eigenvalue weighted by Gasteiger charge is 2.17. The topological polar surface area (TPSA) is 52.3 Å². The molecule has 0 saturated carbocycles. The van der Waals surface area contributed by atoms with E-state index in [1.54, 1.807) is 6.07 Å². The Morgan fingerprint density at radius 2 is 2.36 bits per heavy atom. The second kappa shape index (κ2) is 3.80. The lowest BCUT2D eigenvalue weighted by atomic mass is 10.0. The number of carbonyl (C=O) groups excluding carboxylic acids is 1. The Balaban J connectivity index is 2.27. The molecule has 1 aliphatic heterocycles. The van der Waals surface area contributed by atoms with E-state index in [2.05, 4.69) is 0 Å². The molecule has 1 fully saturated rings. The van der Waals surface area contributed by atoms with Gasteiger partial charge < -0.3 is 10.5 Å². The maximum absolute atomic E-state index is 10.5. The van der Waals surface area contributed by atoms with Crippen molar-refractivity contribution in [3.05, 3.63) is 29.3 Å². The van der Waals surface area contributed by atoms with Crippen LogP contribution in [0.25, 0.3) is 0 Å². The summed E-state index contributed by atoms with van der Waals surface area (Å²) >= 11 is 0. The van der Waals surface area contributed by atoms with Gasteiger partial charge in [-0.2, -0.15) is 0 Å². The average Bonchev–Trinajstić information content (AvgIpc) is 2.70. The van der Waals surface area contributed by atoms with Crippen LogP contribution in [0.15, 0.2) is 18.2 Å². The van der Waals surface area contributed by atoms with Crippen LogP contribution in [0.3, 0.4) is 0 Å². The summed E-state index contributed by atoms with van der Waals surface area (Å²) in [4.78, 5) is 10.5. The molecule has 2 rings (SSSR count). The highest BCUT2D eigenvalue weighted by molar-refractivity contribution is 5.83. The van der Waals surface area contributed by atoms with Gasteiger partial charge in [-0.25, -0.2) is 0 Å². The normalized spacial score (nSPS) is 21.0. The number of ether oxygens (including phenoxy) is 1. The molecule has 1 saturated heterocycles. The molecular weight excluding hydrogens is 178 g/mol. The number of nitrogen functional groups attached to an aromatic ring is 1. The second-order valence-electron chi connectivity index (χ2n) is 3.51. The monoisotopic (exact) mass is 191 g/mol. The van der Waals surface area contributed by atoms with Crippen LogP contribution >= 0.6 is 0 Å². The molecular formula is C11H13NO2. The van der Waals surface area contributed by atoms with Crippen molar-refractivity contribution in [1.29, 1.82) is 0 Å². The molecule has 2 N–H and O–H groups in total. The summed E-state index contributed by atoms with van der Waals surface area (Å²) in [6.07, 6.45) is 3.08. The fourth-order valence-corrected chi connectivity index (χ4v) is 1.74. The Hall–Kier alpha value is -1.35. The smallest absolute Gasteiger partial charge is 0.152 e. The molecule has 1 atom stereocenters. The number of hydrogen-bond acceptors (Lipinski definition) is 3. The van der Waals surface area contributed by atoms with E-state index in [0.29, 0.717) is 11.3 Å². The van der Waals surface area contributed by atoms with Crippen LogP contribution in [0.5, 0.6) is 0 Å². The van der Waals surface area contributed by atoms with Crippen LogP contribution in [0.1, 0.15) is 34.9 Å². The number of rotatable bonds is 2. The molecule has 1 aromatic rings. The first kappa shape index (κ1) is 9.21. The lowest BCUT2D eigenvalue weighted by Crippen LogP contribution is -1.99. The van der Waals surface area contributed by atoms with Gasteiger partial charge in [0.1, 0.15) is 0 Å². The minimum Gasteiger partial charge on any atom is -0.398 e. The van der Waals surface area contributed by atoms with Crippen molar-refractivity contribution in [2.24, 2.45) is 0 Å². The van der Waals surface area contributed by atoms with Crippen molar-refractivity contribution < 1.29 is 9.53 Å². The quantitative estimate of drug-likeness (QED) is 0.574. The molecule has 0 aromatic heterocycles. The van der Waals surface area contributed by atoms with Gasteiger partial charge in [-0.05, 0) is 30.5 Å². The third kappa shape index (κ3) is 1.63. The van der Waals surface area contributed by atoms with Crippen LogP contribution < -0.4 is 5.73 Å². The van der Waals surface area contributed by atoms with Gasteiger partial charge in [0.15, 0.2) is 6.29 Å². The zero-order chi connectivity index (χ0) is 9.97. The van der Waals surface area contributed by atoms with E-state index in [0.717, 1.165) is 31.3 Å². The van der Waals surface area contributed by atoms with Gasteiger partial charge in [-0.3, -0.25) is 4.79 Å². The molecule has 0 radical (unpaired) electrons. The van der Waals surface area contributed by atoms with Crippen molar-refractivity contribution in [2.75, 3.05) is 12.3 Å². The van der Waals surface area contributed by atoms with E-state index in [1.807, 2.05) is 12.1 Å². The summed E-state index contributed by atoms with van der Waals surface area (Å²) in [6.45, 7) is 0.819. The third-order valence-electron chi connectivity index (χ3n) is 2.54. The molecule has 1 aromatic carbocycles. The van der Waals surface area contributed by atoms with Gasteiger partial charge in [0, 0.05) is 17.9 Å². The second-order valence-corrected chi connectivity index (χ2v) is 3.51. The highest BCUT2D eigenvalue weighted by atomic mass is 16.5. The Bertz CT molecular complexity index is 343. The maximum Gasteiger partial charge on any atom is 0.152 e. The zero-order valence-electron chi connectivity index (χ0n) is 7.90. The van der Waals surface area contributed by atoms with Crippen molar-refractivity contribution in [3.8, 4) is 0 Å². The number of nitrogens with two attached hydrogens (primary N) is 1. The summed E-state index contributed by atoms with van der Waals surface area (Å²) < 4.78 is 5.52. The first-order valence-corrected chi connectivity index (χ1v) is 4.77. The number of hydrogen-bond donors (Lipinski definition) is 1. The zero-order valence-corrected chi connectivity index (χ0v) is 7.90. The predicted octanol–water partition coefficient (Wildman–Crippen LogP) is 1.93. The number of carbonyl (C=O) groups is 1. The molecule has 14 heavy (non-hydrogen) atoms. The van der Waals surface area contributed by atoms with Crippen LogP contribution in [0.2, 0.25) is 0 Å². The summed E-state index contributed by atoms with van der Waals surface area (Å²) in [5, 5.41) is 0. The lowest BCUT2D eigenvalue weighted by Gasteiger charge is -2.10. The van der Waals surface area contributed by atoms with Gasteiger partial charge in [-0.1, -0.05) is 6.07 Å². The Morgan fingerprint density at radius 3 is 2.93 bits per heavy atom. The molecule has 0 spiro atoms. The molecule has 1 unspecified atom stereocenters. The minimum atomic E-state index is 0.165. The maximum atomic E-state index is 10.5. The van der Waals surface area contributed by atoms with Gasteiger partial charge >= 0.3 is 0 Å². The van der Waals surface area contributed by atoms with E-state index in [1.165, 1.54) is 0 Å². The standard InChI is InChI=1S/C11H13NO2/c12-10-6-8(3-4-9(10)7-13)11-2-1-5-14-11/h3-4,6-7,11H,1-2,5,12H2. The van der Waals surface area contributed by atoms with Crippen molar-refractivity contribution in [3.63, 3.8) is 0 Å². The van der Waals surface area contributed by atoms with E-state index in [4.69, 9.17) is 10.5 Å². The molecule has 0 bridgehead atoms. The van der Waals surface area contributed by atoms with Gasteiger partial charge in [0.05, 0.1) is 6.10 Å². The Labute approximate surface area is 82.9 Å². The molecule has 74 valence electrons. The summed E-state index contributed by atoms with van der Waals surface area (Å²) in [5.74, 6) is 0. The summed E-state index contributed by atoms with van der Waals surface area (Å²) in [5.41, 5.74) is 7.87. The average molecular weight is 191 g/mol. The minimum absolute atomic E-state index is 0.165. The molecule has 0 aliphatic carbocycles. The first-order chi connectivity index (χ1) is 6.81. The van der Waals surface area contributed by atoms with Crippen molar-refractivity contribution >= 4 is 12.0 Å². The third-order valence-corrected chi connectivity index (χ3v) is 2.54. The SMILES string of the molecule is Nc1cc(C2CCCO2)ccc1C=O. The van der Waals surface area contributed by atoms with Gasteiger partial charge in [0.25, 0.3) is 0 Å². The highest BCUT2D eigenvalue weighted by Crippen LogP contribution is 2.29. The fourth-order valence-electron chi connectivity index (χ4n) is 1.74. The lowest BCUT2D eigenvalue weighted by molar-refractivity contribution is 0.111. The van der Waals surface area contributed by atoms with Crippen molar-refractivity contribution in [2.45, 2.75) is 18.9 Å². The number of anilines is 1. The number of benzene rings is 1. The fraction of sp³-hybridized carbons (Fsp3) is 0.364. The number of aldehydes is 1. The van der Waals surface area contributed by atoms with E-state index in [9.17, 15) is 4.79 Å². The van der Waals surface area contributed by atoms with E-state index < -0.39 is 0 Å². The Morgan fingerprint density at radius 1 is 1.50 bits per heavy atom. The summed E-state index contributed by atoms with van der Waals surface area (Å²) in [6, 6.07) is 5.50. The van der Waals surface area contributed by atoms with Crippen LogP contribution in [-0.2, 0) is 4.74 Å². The van der Waals surface area contributed by atoms with Crippen LogP contribution in [0.4, 0.5) is 5.69 Å². The van der Waals surface area contributed by atoms with Crippen LogP contribution in [0, 0.1) is 0 Å². The van der Waals surface area contributed by atoms with E-state index in [-0.39, 0.29) is 6.10 Å². The van der Waals surface area contributed by atoms with Crippen molar-refractivity contribution in [1.82, 2.24) is 0 Å². The van der Waals surface area contributed by atoms with Gasteiger partial charge in [0.2, 0.25) is 0 Å². The first-order valence-electron chi connectivity index (χ1n) is 4.77. The molecule has 3 heteroatoms. The van der Waals surface area contributed by atoms with E-state index >= 15 is 0 Å². The van der Waals surface area contributed by atoms with Gasteiger partial charge in [-0.15, -0.1) is 0 Å². The molecule has 3 nitrogen and oxygen atoms in total. The molecule has 1 aliphatic rings.